The van der Waals surface area contributed by atoms with Gasteiger partial charge in [-0.2, -0.15) is 0 Å². The van der Waals surface area contributed by atoms with Gasteiger partial charge >= 0.3 is 0 Å². The van der Waals surface area contributed by atoms with Crippen molar-refractivity contribution in [2.75, 3.05) is 20.7 Å². The molecule has 0 saturated carbocycles. The number of likely N-dealkylation sites (N-methyl/N-ethyl adjacent to an activating group) is 1. The van der Waals surface area contributed by atoms with Crippen LogP contribution in [-0.4, -0.2) is 31.5 Å². The van der Waals surface area contributed by atoms with Crippen LogP contribution in [0.2, 0.25) is 0 Å². The fourth-order valence-electron chi connectivity index (χ4n) is 2.04. The molecule has 0 atom stereocenters. The summed E-state index contributed by atoms with van der Waals surface area (Å²) < 4.78 is 6.28. The van der Waals surface area contributed by atoms with Crippen LogP contribution in [0, 0.1) is 0 Å². The molecule has 2 rings (SSSR count). The summed E-state index contributed by atoms with van der Waals surface area (Å²) in [4.78, 5) is 15.2. The minimum absolute atomic E-state index is 0.0148. The molecule has 1 N–H and O–H groups in total. The number of amides is 1. The molecule has 0 radical (unpaired) electrons. The monoisotopic (exact) mass is 382 g/mol. The number of thiophene rings is 1. The highest BCUT2D eigenvalue weighted by molar-refractivity contribution is 9.11. The molecule has 2 aromatic rings. The molecule has 0 spiro atoms. The number of carbonyl (C=O) groups is 1. The fraction of sp³-hybridized carbons (Fsp3) is 0.312. The van der Waals surface area contributed by atoms with E-state index in [4.69, 9.17) is 4.74 Å². The van der Waals surface area contributed by atoms with Gasteiger partial charge in [-0.1, -0.05) is 12.1 Å². The summed E-state index contributed by atoms with van der Waals surface area (Å²) in [5, 5.41) is 2.93. The van der Waals surface area contributed by atoms with Crippen molar-refractivity contribution in [2.24, 2.45) is 0 Å². The zero-order valence-electron chi connectivity index (χ0n) is 12.6. The summed E-state index contributed by atoms with van der Waals surface area (Å²) >= 11 is 5.13. The number of methoxy groups -OCH3 is 1. The number of rotatable bonds is 7. The van der Waals surface area contributed by atoms with Gasteiger partial charge in [0.1, 0.15) is 5.75 Å². The number of nitrogens with one attached hydrogen (secondary N) is 1. The van der Waals surface area contributed by atoms with Crippen molar-refractivity contribution in [1.29, 1.82) is 0 Å². The van der Waals surface area contributed by atoms with Crippen LogP contribution in [0.15, 0.2) is 40.2 Å². The molecule has 118 valence electrons. The predicted molar refractivity (Wildman–Crippen MR) is 93.2 cm³/mol. The Morgan fingerprint density at radius 1 is 1.36 bits per heavy atom. The first-order chi connectivity index (χ1) is 10.6. The van der Waals surface area contributed by atoms with Gasteiger partial charge < -0.3 is 10.1 Å². The van der Waals surface area contributed by atoms with Crippen molar-refractivity contribution in [1.82, 2.24) is 10.2 Å². The number of hydrogen-bond donors (Lipinski definition) is 1. The molecule has 22 heavy (non-hydrogen) atoms. The van der Waals surface area contributed by atoms with Crippen molar-refractivity contribution in [2.45, 2.75) is 13.1 Å². The second-order valence-corrected chi connectivity index (χ2v) is 7.55. The highest BCUT2D eigenvalue weighted by Crippen LogP contribution is 2.22. The minimum Gasteiger partial charge on any atom is -0.497 e. The zero-order chi connectivity index (χ0) is 15.9. The summed E-state index contributed by atoms with van der Waals surface area (Å²) in [6, 6.07) is 11.8. The van der Waals surface area contributed by atoms with E-state index in [-0.39, 0.29) is 5.91 Å². The number of hydrogen-bond acceptors (Lipinski definition) is 4. The number of halogens is 1. The number of carbonyl (C=O) groups excluding carboxylic acids is 1. The van der Waals surface area contributed by atoms with Gasteiger partial charge in [0.2, 0.25) is 5.91 Å². The Morgan fingerprint density at radius 2 is 2.18 bits per heavy atom. The predicted octanol–water partition coefficient (Wildman–Crippen LogP) is 3.27. The smallest absolute Gasteiger partial charge is 0.234 e. The van der Waals surface area contributed by atoms with Gasteiger partial charge in [-0.05, 0) is 52.8 Å². The highest BCUT2D eigenvalue weighted by atomic mass is 79.9. The lowest BCUT2D eigenvalue weighted by atomic mass is 10.2. The Morgan fingerprint density at radius 3 is 2.86 bits per heavy atom. The topological polar surface area (TPSA) is 41.6 Å². The Balaban J connectivity index is 1.77. The normalized spacial score (nSPS) is 10.7. The number of nitrogens with zero attached hydrogens (tertiary/aromatic N) is 1. The molecule has 1 aromatic carbocycles. The van der Waals surface area contributed by atoms with Crippen LogP contribution >= 0.6 is 27.3 Å². The average molecular weight is 383 g/mol. The van der Waals surface area contributed by atoms with Crippen LogP contribution in [0.3, 0.4) is 0 Å². The molecule has 0 aliphatic heterocycles. The molecule has 0 fully saturated rings. The first-order valence-corrected chi connectivity index (χ1v) is 8.50. The first-order valence-electron chi connectivity index (χ1n) is 6.89. The van der Waals surface area contributed by atoms with Crippen molar-refractivity contribution in [3.8, 4) is 5.75 Å². The van der Waals surface area contributed by atoms with E-state index in [0.717, 1.165) is 21.6 Å². The maximum atomic E-state index is 12.0. The first kappa shape index (κ1) is 17.0. The number of ether oxygens (including phenoxy) is 1. The third-order valence-electron chi connectivity index (χ3n) is 3.09. The van der Waals surface area contributed by atoms with Gasteiger partial charge in [-0.25, -0.2) is 0 Å². The zero-order valence-corrected chi connectivity index (χ0v) is 15.0. The molecule has 1 heterocycles. The van der Waals surface area contributed by atoms with Crippen molar-refractivity contribution < 1.29 is 9.53 Å². The maximum Gasteiger partial charge on any atom is 0.234 e. The molecule has 4 nitrogen and oxygen atoms in total. The van der Waals surface area contributed by atoms with E-state index < -0.39 is 0 Å². The van der Waals surface area contributed by atoms with E-state index in [0.29, 0.717) is 13.1 Å². The van der Waals surface area contributed by atoms with Crippen LogP contribution in [-0.2, 0) is 17.9 Å². The summed E-state index contributed by atoms with van der Waals surface area (Å²) in [5.74, 6) is 0.813. The summed E-state index contributed by atoms with van der Waals surface area (Å²) in [6.07, 6.45) is 0. The standard InChI is InChI=1S/C16H19BrN2O2S/c1-19(10-14-6-7-15(17)22-14)11-16(20)18-9-12-4-3-5-13(8-12)21-2/h3-8H,9-11H2,1-2H3,(H,18,20). The van der Waals surface area contributed by atoms with E-state index >= 15 is 0 Å². The molecule has 6 heteroatoms. The highest BCUT2D eigenvalue weighted by Gasteiger charge is 2.08. The summed E-state index contributed by atoms with van der Waals surface area (Å²) in [6.45, 7) is 1.65. The molecular formula is C16H19BrN2O2S. The van der Waals surface area contributed by atoms with E-state index in [1.54, 1.807) is 18.4 Å². The van der Waals surface area contributed by atoms with Crippen LogP contribution in [0.1, 0.15) is 10.4 Å². The van der Waals surface area contributed by atoms with Gasteiger partial charge in [-0.3, -0.25) is 9.69 Å². The van der Waals surface area contributed by atoms with Gasteiger partial charge in [0.05, 0.1) is 17.4 Å². The average Bonchev–Trinajstić information content (AvgIpc) is 2.90. The molecule has 0 unspecified atom stereocenters. The lowest BCUT2D eigenvalue weighted by Crippen LogP contribution is -2.34. The Bertz CT molecular complexity index is 630. The maximum absolute atomic E-state index is 12.0. The molecular weight excluding hydrogens is 364 g/mol. The van der Waals surface area contributed by atoms with Gasteiger partial charge in [-0.15, -0.1) is 11.3 Å². The van der Waals surface area contributed by atoms with Crippen LogP contribution < -0.4 is 10.1 Å². The largest absolute Gasteiger partial charge is 0.497 e. The van der Waals surface area contributed by atoms with E-state index in [2.05, 4.69) is 27.3 Å². The molecule has 0 aliphatic rings. The van der Waals surface area contributed by atoms with E-state index in [9.17, 15) is 4.79 Å². The number of benzene rings is 1. The lowest BCUT2D eigenvalue weighted by molar-refractivity contribution is -0.122. The van der Waals surface area contributed by atoms with E-state index in [1.807, 2.05) is 42.3 Å². The van der Waals surface area contributed by atoms with E-state index in [1.165, 1.54) is 4.88 Å². The molecule has 0 saturated heterocycles. The van der Waals surface area contributed by atoms with Crippen molar-refractivity contribution in [3.05, 3.63) is 50.6 Å². The van der Waals surface area contributed by atoms with Gasteiger partial charge in [0, 0.05) is 18.0 Å². The van der Waals surface area contributed by atoms with Crippen LogP contribution in [0.4, 0.5) is 0 Å². The molecule has 0 bridgehead atoms. The van der Waals surface area contributed by atoms with Gasteiger partial charge in [0.15, 0.2) is 0 Å². The summed E-state index contributed by atoms with van der Waals surface area (Å²) in [7, 11) is 3.58. The van der Waals surface area contributed by atoms with Gasteiger partial charge in [0.25, 0.3) is 0 Å². The molecule has 0 aliphatic carbocycles. The quantitative estimate of drug-likeness (QED) is 0.798. The molecule has 1 amide bonds. The lowest BCUT2D eigenvalue weighted by Gasteiger charge is -2.15. The van der Waals surface area contributed by atoms with Crippen LogP contribution in [0.5, 0.6) is 5.75 Å². The molecule has 1 aromatic heterocycles. The second kappa shape index (κ2) is 8.31. The third kappa shape index (κ3) is 5.44. The fourth-order valence-corrected chi connectivity index (χ4v) is 3.61. The SMILES string of the molecule is COc1cccc(CNC(=O)CN(C)Cc2ccc(Br)s2)c1. The Hall–Kier alpha value is -1.37. The summed E-state index contributed by atoms with van der Waals surface area (Å²) in [5.41, 5.74) is 1.03. The second-order valence-electron chi connectivity index (χ2n) is 5.01. The Labute approximate surface area is 143 Å². The van der Waals surface area contributed by atoms with Crippen molar-refractivity contribution in [3.63, 3.8) is 0 Å². The Kier molecular flexibility index (Phi) is 6.42. The van der Waals surface area contributed by atoms with Crippen molar-refractivity contribution >= 4 is 33.2 Å². The third-order valence-corrected chi connectivity index (χ3v) is 4.70. The van der Waals surface area contributed by atoms with Crippen LogP contribution in [0.25, 0.3) is 0 Å². The minimum atomic E-state index is 0.0148.